The molecular weight excluding hydrogens is 292 g/mol. The number of ketones is 2. The highest BCUT2D eigenvalue weighted by Gasteiger charge is 2.54. The minimum absolute atomic E-state index is 0.0673. The molecule has 1 unspecified atom stereocenters. The van der Waals surface area contributed by atoms with Gasteiger partial charge < -0.3 is 9.47 Å². The molecule has 0 fully saturated rings. The third-order valence-electron chi connectivity index (χ3n) is 4.95. The van der Waals surface area contributed by atoms with Crippen LogP contribution in [0.4, 0.5) is 0 Å². The maximum absolute atomic E-state index is 12.8. The lowest BCUT2D eigenvalue weighted by Crippen LogP contribution is -2.48. The van der Waals surface area contributed by atoms with Crippen molar-refractivity contribution in [3.05, 3.63) is 34.8 Å². The third kappa shape index (κ3) is 3.12. The number of carbonyl (C=O) groups is 2. The molecule has 0 aromatic carbocycles. The average molecular weight is 318 g/mol. The van der Waals surface area contributed by atoms with Crippen molar-refractivity contribution in [3.63, 3.8) is 0 Å². The van der Waals surface area contributed by atoms with Crippen molar-refractivity contribution in [1.29, 1.82) is 0 Å². The van der Waals surface area contributed by atoms with Crippen molar-refractivity contribution in [2.24, 2.45) is 11.3 Å². The van der Waals surface area contributed by atoms with E-state index in [1.54, 1.807) is 0 Å². The fourth-order valence-electron chi connectivity index (χ4n) is 3.46. The smallest absolute Gasteiger partial charge is 0.208 e. The van der Waals surface area contributed by atoms with Crippen molar-refractivity contribution in [2.75, 3.05) is 14.2 Å². The number of allylic oxidation sites excluding steroid dienone is 6. The van der Waals surface area contributed by atoms with Crippen molar-refractivity contribution in [3.8, 4) is 0 Å². The number of rotatable bonds is 5. The highest BCUT2D eigenvalue weighted by Crippen LogP contribution is 2.48. The van der Waals surface area contributed by atoms with Gasteiger partial charge in [0.05, 0.1) is 14.2 Å². The van der Waals surface area contributed by atoms with Gasteiger partial charge in [-0.2, -0.15) is 0 Å². The largest absolute Gasteiger partial charge is 0.490 e. The Labute approximate surface area is 138 Å². The van der Waals surface area contributed by atoms with Crippen molar-refractivity contribution >= 4 is 11.6 Å². The van der Waals surface area contributed by atoms with Gasteiger partial charge in [-0.15, -0.1) is 0 Å². The van der Waals surface area contributed by atoms with Crippen LogP contribution >= 0.6 is 0 Å². The highest BCUT2D eigenvalue weighted by atomic mass is 16.5. The Bertz CT molecular complexity index is 605. The van der Waals surface area contributed by atoms with E-state index in [-0.39, 0.29) is 29.0 Å². The molecule has 0 aromatic heterocycles. The van der Waals surface area contributed by atoms with E-state index in [1.165, 1.54) is 25.4 Å². The summed E-state index contributed by atoms with van der Waals surface area (Å²) in [4.78, 5) is 25.6. The Morgan fingerprint density at radius 2 is 1.91 bits per heavy atom. The number of Topliss-reactive ketones (excluding diaryl/α,β-unsaturated/α-hetero) is 2. The molecule has 4 heteroatoms. The van der Waals surface area contributed by atoms with Gasteiger partial charge in [-0.1, -0.05) is 30.2 Å². The van der Waals surface area contributed by atoms with Crippen LogP contribution in [0.2, 0.25) is 0 Å². The SMILES string of the molecule is COC1=C(OC)C(=O)[C@]2(C)CC=C(CCC=C(C)C)CC2C1=O. The first kappa shape index (κ1) is 17.5. The molecule has 0 aliphatic heterocycles. The molecule has 0 amide bonds. The van der Waals surface area contributed by atoms with Gasteiger partial charge in [0.2, 0.25) is 23.1 Å². The van der Waals surface area contributed by atoms with Crippen molar-refractivity contribution in [2.45, 2.75) is 46.5 Å². The van der Waals surface area contributed by atoms with Gasteiger partial charge >= 0.3 is 0 Å². The van der Waals surface area contributed by atoms with Gasteiger partial charge in [0, 0.05) is 11.3 Å². The maximum atomic E-state index is 12.8. The van der Waals surface area contributed by atoms with Crippen LogP contribution in [-0.4, -0.2) is 25.8 Å². The summed E-state index contributed by atoms with van der Waals surface area (Å²) in [6, 6.07) is 0. The molecule has 2 aliphatic rings. The summed E-state index contributed by atoms with van der Waals surface area (Å²) in [7, 11) is 2.82. The number of hydrogen-bond donors (Lipinski definition) is 0. The van der Waals surface area contributed by atoms with Crippen LogP contribution in [0.25, 0.3) is 0 Å². The Balaban J connectivity index is 2.27. The molecule has 0 saturated heterocycles. The lowest BCUT2D eigenvalue weighted by molar-refractivity contribution is -0.142. The number of methoxy groups -OCH3 is 2. The van der Waals surface area contributed by atoms with E-state index in [1.807, 2.05) is 6.92 Å². The van der Waals surface area contributed by atoms with Crippen molar-refractivity contribution in [1.82, 2.24) is 0 Å². The van der Waals surface area contributed by atoms with Gasteiger partial charge in [-0.05, 0) is 39.5 Å². The van der Waals surface area contributed by atoms with Crippen LogP contribution in [0.15, 0.2) is 34.8 Å². The van der Waals surface area contributed by atoms with Gasteiger partial charge in [-0.25, -0.2) is 0 Å². The number of hydrogen-bond acceptors (Lipinski definition) is 4. The van der Waals surface area contributed by atoms with Gasteiger partial charge in [0.25, 0.3) is 0 Å². The third-order valence-corrected chi connectivity index (χ3v) is 4.95. The predicted octanol–water partition coefficient (Wildman–Crippen LogP) is 3.73. The zero-order chi connectivity index (χ0) is 17.2. The van der Waals surface area contributed by atoms with E-state index in [2.05, 4.69) is 26.0 Å². The standard InChI is InChI=1S/C19H26O4/c1-12(2)7-6-8-13-9-10-19(3)14(11-13)15(20)16(22-4)17(23-5)18(19)21/h7,9,14H,6,8,10-11H2,1-5H3/t14?,19-/m1/s1. The molecular formula is C19H26O4. The summed E-state index contributed by atoms with van der Waals surface area (Å²) in [5, 5.41) is 0. The second kappa shape index (κ2) is 6.73. The molecule has 0 heterocycles. The van der Waals surface area contributed by atoms with Gasteiger partial charge in [0.15, 0.2) is 0 Å². The van der Waals surface area contributed by atoms with Crippen LogP contribution in [0.3, 0.4) is 0 Å². The molecule has 4 nitrogen and oxygen atoms in total. The summed E-state index contributed by atoms with van der Waals surface area (Å²) >= 11 is 0. The normalized spacial score (nSPS) is 27.3. The zero-order valence-corrected chi connectivity index (χ0v) is 14.7. The van der Waals surface area contributed by atoms with Crippen LogP contribution < -0.4 is 0 Å². The molecule has 2 atom stereocenters. The molecule has 2 aliphatic carbocycles. The molecule has 0 spiro atoms. The molecule has 0 bridgehead atoms. The minimum Gasteiger partial charge on any atom is -0.490 e. The summed E-state index contributed by atoms with van der Waals surface area (Å²) in [5.41, 5.74) is 1.83. The molecule has 126 valence electrons. The number of fused-ring (bicyclic) bond motifs is 1. The van der Waals surface area contributed by atoms with Gasteiger partial charge in [-0.3, -0.25) is 9.59 Å². The Hall–Kier alpha value is -1.84. The molecule has 0 N–H and O–H groups in total. The summed E-state index contributed by atoms with van der Waals surface area (Å²) < 4.78 is 10.3. The lowest BCUT2D eigenvalue weighted by atomic mass is 9.60. The molecule has 0 saturated carbocycles. The van der Waals surface area contributed by atoms with E-state index >= 15 is 0 Å². The van der Waals surface area contributed by atoms with Crippen LogP contribution in [0, 0.1) is 11.3 Å². The Morgan fingerprint density at radius 1 is 1.26 bits per heavy atom. The van der Waals surface area contributed by atoms with Crippen LogP contribution in [-0.2, 0) is 19.1 Å². The summed E-state index contributed by atoms with van der Waals surface area (Å²) in [6.45, 7) is 6.03. The quantitative estimate of drug-likeness (QED) is 0.725. The topological polar surface area (TPSA) is 52.6 Å². The van der Waals surface area contributed by atoms with E-state index in [0.29, 0.717) is 12.8 Å². The predicted molar refractivity (Wildman–Crippen MR) is 88.6 cm³/mol. The molecule has 2 rings (SSSR count). The van der Waals surface area contributed by atoms with E-state index < -0.39 is 5.41 Å². The fourth-order valence-corrected chi connectivity index (χ4v) is 3.46. The van der Waals surface area contributed by atoms with E-state index in [0.717, 1.165) is 12.8 Å². The van der Waals surface area contributed by atoms with Crippen LogP contribution in [0.1, 0.15) is 46.5 Å². The van der Waals surface area contributed by atoms with Gasteiger partial charge in [0.1, 0.15) is 0 Å². The van der Waals surface area contributed by atoms with E-state index in [9.17, 15) is 9.59 Å². The Kier molecular flexibility index (Phi) is 5.12. The first-order valence-electron chi connectivity index (χ1n) is 8.07. The maximum Gasteiger partial charge on any atom is 0.208 e. The second-order valence-electron chi connectivity index (χ2n) is 6.82. The number of ether oxygens (including phenoxy) is 2. The lowest BCUT2D eigenvalue weighted by Gasteiger charge is -2.41. The average Bonchev–Trinajstić information content (AvgIpc) is 2.51. The first-order valence-corrected chi connectivity index (χ1v) is 8.07. The summed E-state index contributed by atoms with van der Waals surface area (Å²) in [5.74, 6) is -0.445. The fraction of sp³-hybridized carbons (Fsp3) is 0.579. The monoisotopic (exact) mass is 318 g/mol. The molecule has 23 heavy (non-hydrogen) atoms. The molecule has 0 aromatic rings. The van der Waals surface area contributed by atoms with E-state index in [4.69, 9.17) is 9.47 Å². The zero-order valence-electron chi connectivity index (χ0n) is 14.7. The Morgan fingerprint density at radius 3 is 2.48 bits per heavy atom. The number of carbonyl (C=O) groups excluding carboxylic acids is 2. The van der Waals surface area contributed by atoms with Crippen molar-refractivity contribution < 1.29 is 19.1 Å². The second-order valence-corrected chi connectivity index (χ2v) is 6.82. The highest BCUT2D eigenvalue weighted by molar-refractivity contribution is 6.13. The minimum atomic E-state index is -0.718. The molecule has 0 radical (unpaired) electrons. The summed E-state index contributed by atoms with van der Waals surface area (Å²) in [6.07, 6.45) is 7.44. The first-order chi connectivity index (χ1) is 10.8. The van der Waals surface area contributed by atoms with Crippen LogP contribution in [0.5, 0.6) is 0 Å².